The van der Waals surface area contributed by atoms with E-state index >= 15 is 0 Å². The van der Waals surface area contributed by atoms with Gasteiger partial charge in [-0.15, -0.1) is 0 Å². The molecule has 1 aromatic carbocycles. The van der Waals surface area contributed by atoms with E-state index < -0.39 is 29.8 Å². The number of benzene rings is 1. The Hall–Kier alpha value is -2.08. The molecular formula is C15H21NO5. The molecule has 0 radical (unpaired) electrons. The van der Waals surface area contributed by atoms with Gasteiger partial charge in [-0.2, -0.15) is 0 Å². The Morgan fingerprint density at radius 1 is 1.19 bits per heavy atom. The van der Waals surface area contributed by atoms with Gasteiger partial charge in [-0.25, -0.2) is 9.59 Å². The Bertz CT molecular complexity index is 481. The van der Waals surface area contributed by atoms with E-state index in [1.807, 2.05) is 0 Å². The van der Waals surface area contributed by atoms with Gasteiger partial charge in [-0.3, -0.25) is 0 Å². The molecule has 2 atom stereocenters. The summed E-state index contributed by atoms with van der Waals surface area (Å²) in [7, 11) is 1.17. The monoisotopic (exact) mass is 295 g/mol. The fraction of sp³-hybridized carbons (Fsp3) is 0.467. The van der Waals surface area contributed by atoms with Crippen LogP contribution < -0.4 is 5.32 Å². The van der Waals surface area contributed by atoms with Crippen LogP contribution in [0.5, 0.6) is 0 Å². The largest absolute Gasteiger partial charge is 0.467 e. The standard InChI is InChI=1S/C15H21NO5/c1-15(2,3)21-14(19)16-11(12(17)13(18)20-4)10-8-6-5-7-9-10/h5-9,11-12,17H,1-4H3,(H,16,19)/t11-,12-/m1/s1. The molecule has 6 nitrogen and oxygen atoms in total. The predicted octanol–water partition coefficient (Wildman–Crippen LogP) is 1.79. The smallest absolute Gasteiger partial charge is 0.408 e. The van der Waals surface area contributed by atoms with E-state index in [4.69, 9.17) is 4.74 Å². The van der Waals surface area contributed by atoms with Crippen molar-refractivity contribution in [1.29, 1.82) is 0 Å². The molecule has 21 heavy (non-hydrogen) atoms. The Morgan fingerprint density at radius 2 is 1.76 bits per heavy atom. The second-order valence-electron chi connectivity index (χ2n) is 5.50. The highest BCUT2D eigenvalue weighted by molar-refractivity contribution is 5.77. The number of ether oxygens (including phenoxy) is 2. The van der Waals surface area contributed by atoms with Gasteiger partial charge in [0.15, 0.2) is 6.10 Å². The van der Waals surface area contributed by atoms with E-state index in [0.717, 1.165) is 0 Å². The van der Waals surface area contributed by atoms with Crippen molar-refractivity contribution in [3.8, 4) is 0 Å². The number of aliphatic hydroxyl groups is 1. The van der Waals surface area contributed by atoms with Crippen LogP contribution in [0.4, 0.5) is 4.79 Å². The summed E-state index contributed by atoms with van der Waals surface area (Å²) in [6.07, 6.45) is -2.25. The first-order valence-electron chi connectivity index (χ1n) is 6.55. The minimum atomic E-state index is -1.52. The molecule has 0 saturated heterocycles. The van der Waals surface area contributed by atoms with Gasteiger partial charge in [0, 0.05) is 0 Å². The molecule has 0 spiro atoms. The van der Waals surface area contributed by atoms with Crippen LogP contribution in [-0.2, 0) is 14.3 Å². The van der Waals surface area contributed by atoms with Crippen LogP contribution in [0.1, 0.15) is 32.4 Å². The number of alkyl carbamates (subject to hydrolysis) is 1. The van der Waals surface area contributed by atoms with Crippen molar-refractivity contribution in [3.05, 3.63) is 35.9 Å². The lowest BCUT2D eigenvalue weighted by Crippen LogP contribution is -2.43. The SMILES string of the molecule is COC(=O)[C@H](O)[C@H](NC(=O)OC(C)(C)C)c1ccccc1. The van der Waals surface area contributed by atoms with E-state index in [9.17, 15) is 14.7 Å². The maximum absolute atomic E-state index is 11.9. The number of carbonyl (C=O) groups excluding carboxylic acids is 2. The van der Waals surface area contributed by atoms with Crippen LogP contribution in [0.15, 0.2) is 30.3 Å². The van der Waals surface area contributed by atoms with Gasteiger partial charge < -0.3 is 19.9 Å². The highest BCUT2D eigenvalue weighted by atomic mass is 16.6. The Labute approximate surface area is 124 Å². The van der Waals surface area contributed by atoms with E-state index in [2.05, 4.69) is 10.1 Å². The molecule has 2 N–H and O–H groups in total. The average molecular weight is 295 g/mol. The van der Waals surface area contributed by atoms with Gasteiger partial charge in [0.1, 0.15) is 5.60 Å². The van der Waals surface area contributed by atoms with E-state index in [-0.39, 0.29) is 0 Å². The van der Waals surface area contributed by atoms with Crippen LogP contribution in [0.2, 0.25) is 0 Å². The second kappa shape index (κ2) is 7.08. The number of aliphatic hydroxyl groups excluding tert-OH is 1. The van der Waals surface area contributed by atoms with E-state index in [1.165, 1.54) is 7.11 Å². The normalized spacial score (nSPS) is 14.0. The number of hydrogen-bond donors (Lipinski definition) is 2. The fourth-order valence-corrected chi connectivity index (χ4v) is 1.70. The minimum absolute atomic E-state index is 0.571. The van der Waals surface area contributed by atoms with Crippen LogP contribution in [0, 0.1) is 0 Å². The zero-order chi connectivity index (χ0) is 16.0. The molecule has 0 aliphatic rings. The minimum Gasteiger partial charge on any atom is -0.467 e. The van der Waals surface area contributed by atoms with Crippen LogP contribution in [-0.4, -0.2) is 36.0 Å². The third kappa shape index (κ3) is 5.43. The summed E-state index contributed by atoms with van der Waals surface area (Å²) in [6.45, 7) is 5.17. The summed E-state index contributed by atoms with van der Waals surface area (Å²) in [4.78, 5) is 23.4. The summed E-state index contributed by atoms with van der Waals surface area (Å²) in [5.41, 5.74) is -0.108. The molecule has 0 aliphatic carbocycles. The molecule has 0 saturated carbocycles. The zero-order valence-corrected chi connectivity index (χ0v) is 12.6. The predicted molar refractivity (Wildman–Crippen MR) is 76.6 cm³/mol. The highest BCUT2D eigenvalue weighted by Crippen LogP contribution is 2.19. The molecule has 1 aromatic rings. The number of carbonyl (C=O) groups is 2. The summed E-state index contributed by atoms with van der Waals surface area (Å²) < 4.78 is 9.66. The Morgan fingerprint density at radius 3 is 2.24 bits per heavy atom. The molecule has 0 aliphatic heterocycles. The van der Waals surface area contributed by atoms with Crippen LogP contribution in [0.3, 0.4) is 0 Å². The molecule has 1 rings (SSSR count). The van der Waals surface area contributed by atoms with Gasteiger partial charge in [-0.05, 0) is 26.3 Å². The van der Waals surface area contributed by atoms with Crippen molar-refractivity contribution in [2.24, 2.45) is 0 Å². The molecule has 0 aromatic heterocycles. The van der Waals surface area contributed by atoms with Gasteiger partial charge in [0.2, 0.25) is 0 Å². The molecule has 0 heterocycles. The van der Waals surface area contributed by atoms with Crippen LogP contribution >= 0.6 is 0 Å². The summed E-state index contributed by atoms with van der Waals surface area (Å²) in [5, 5.41) is 12.5. The van der Waals surface area contributed by atoms with Crippen LogP contribution in [0.25, 0.3) is 0 Å². The molecule has 116 valence electrons. The summed E-state index contributed by atoms with van der Waals surface area (Å²) in [5.74, 6) is -0.833. The second-order valence-corrected chi connectivity index (χ2v) is 5.50. The highest BCUT2D eigenvalue weighted by Gasteiger charge is 2.31. The summed E-state index contributed by atoms with van der Waals surface area (Å²) >= 11 is 0. The molecule has 1 amide bonds. The first-order chi connectivity index (χ1) is 9.74. The number of methoxy groups -OCH3 is 1. The number of nitrogens with one attached hydrogen (secondary N) is 1. The number of hydrogen-bond acceptors (Lipinski definition) is 5. The number of esters is 1. The summed E-state index contributed by atoms with van der Waals surface area (Å²) in [6, 6.07) is 7.70. The Balaban J connectivity index is 2.93. The average Bonchev–Trinajstić information content (AvgIpc) is 2.42. The lowest BCUT2D eigenvalue weighted by molar-refractivity contribution is -0.152. The van der Waals surface area contributed by atoms with Gasteiger partial charge in [0.25, 0.3) is 0 Å². The van der Waals surface area contributed by atoms with Crippen molar-refractivity contribution in [2.45, 2.75) is 38.5 Å². The first kappa shape index (κ1) is 17.0. The van der Waals surface area contributed by atoms with Gasteiger partial charge >= 0.3 is 12.1 Å². The van der Waals surface area contributed by atoms with Crippen molar-refractivity contribution in [1.82, 2.24) is 5.32 Å². The van der Waals surface area contributed by atoms with Gasteiger partial charge in [0.05, 0.1) is 13.2 Å². The van der Waals surface area contributed by atoms with Crippen molar-refractivity contribution in [3.63, 3.8) is 0 Å². The van der Waals surface area contributed by atoms with Crippen molar-refractivity contribution < 1.29 is 24.2 Å². The zero-order valence-electron chi connectivity index (χ0n) is 12.6. The van der Waals surface area contributed by atoms with Crippen molar-refractivity contribution >= 4 is 12.1 Å². The Kier molecular flexibility index (Phi) is 5.72. The molecule has 0 fully saturated rings. The van der Waals surface area contributed by atoms with E-state index in [0.29, 0.717) is 5.56 Å². The molecule has 0 bridgehead atoms. The quantitative estimate of drug-likeness (QED) is 0.827. The van der Waals surface area contributed by atoms with Crippen molar-refractivity contribution in [2.75, 3.05) is 7.11 Å². The molecule has 0 unspecified atom stereocenters. The number of rotatable bonds is 4. The molecule has 6 heteroatoms. The maximum atomic E-state index is 11.9. The van der Waals surface area contributed by atoms with Gasteiger partial charge in [-0.1, -0.05) is 30.3 Å². The molecular weight excluding hydrogens is 274 g/mol. The third-order valence-corrected chi connectivity index (χ3v) is 2.59. The third-order valence-electron chi connectivity index (χ3n) is 2.59. The number of amides is 1. The maximum Gasteiger partial charge on any atom is 0.408 e. The van der Waals surface area contributed by atoms with E-state index in [1.54, 1.807) is 51.1 Å². The lowest BCUT2D eigenvalue weighted by Gasteiger charge is -2.25. The topological polar surface area (TPSA) is 84.9 Å². The lowest BCUT2D eigenvalue weighted by atomic mass is 10.0. The first-order valence-corrected chi connectivity index (χ1v) is 6.55. The fourth-order valence-electron chi connectivity index (χ4n) is 1.70.